The van der Waals surface area contributed by atoms with Gasteiger partial charge in [-0.1, -0.05) is 18.2 Å². The fraction of sp³-hybridized carbons (Fsp3) is 0.286. The van der Waals surface area contributed by atoms with E-state index in [0.29, 0.717) is 19.0 Å². The van der Waals surface area contributed by atoms with Crippen LogP contribution in [0.15, 0.2) is 41.7 Å². The number of aromatic nitrogens is 4. The van der Waals surface area contributed by atoms with Crippen LogP contribution in [0, 0.1) is 0 Å². The molecule has 0 bridgehead atoms. The van der Waals surface area contributed by atoms with Crippen molar-refractivity contribution < 1.29 is 0 Å². The highest BCUT2D eigenvalue weighted by atomic mass is 32.1. The molecule has 2 N–H and O–H groups in total. The van der Waals surface area contributed by atoms with Gasteiger partial charge in [-0.25, -0.2) is 9.97 Å². The van der Waals surface area contributed by atoms with E-state index < -0.39 is 0 Å². The third kappa shape index (κ3) is 2.82. The summed E-state index contributed by atoms with van der Waals surface area (Å²) in [6.45, 7) is 4.70. The number of allylic oxidation sites excluding steroid dienone is 1. The first-order valence-electron chi connectivity index (χ1n) is 9.58. The summed E-state index contributed by atoms with van der Waals surface area (Å²) in [5, 5.41) is 4.11. The number of aryl methyl sites for hydroxylation is 2. The van der Waals surface area contributed by atoms with Crippen LogP contribution in [-0.4, -0.2) is 19.5 Å². The first-order chi connectivity index (χ1) is 13.7. The average molecular weight is 392 g/mol. The Labute approximate surface area is 166 Å². The molecule has 4 aromatic rings. The minimum atomic E-state index is 0.0245. The normalized spacial score (nSPS) is 13.7. The smallest absolute Gasteiger partial charge is 0.264 e. The molecule has 3 aromatic heterocycles. The van der Waals surface area contributed by atoms with Gasteiger partial charge >= 0.3 is 0 Å². The summed E-state index contributed by atoms with van der Waals surface area (Å²) < 4.78 is 1.68. The number of nitrogens with one attached hydrogen (secondary N) is 2. The molecule has 1 aliphatic carbocycles. The maximum atomic E-state index is 13.2. The van der Waals surface area contributed by atoms with Crippen molar-refractivity contribution in [2.75, 3.05) is 5.32 Å². The van der Waals surface area contributed by atoms with Crippen LogP contribution >= 0.6 is 11.3 Å². The van der Waals surface area contributed by atoms with Gasteiger partial charge in [-0.2, -0.15) is 0 Å². The lowest BCUT2D eigenvalue weighted by Gasteiger charge is -2.13. The van der Waals surface area contributed by atoms with Crippen molar-refractivity contribution in [3.63, 3.8) is 0 Å². The van der Waals surface area contributed by atoms with E-state index in [9.17, 15) is 4.79 Å². The number of para-hydroxylation sites is 2. The Morgan fingerprint density at radius 2 is 2.11 bits per heavy atom. The topological polar surface area (TPSA) is 75.6 Å². The highest BCUT2D eigenvalue weighted by Gasteiger charge is 2.21. The molecule has 142 valence electrons. The average Bonchev–Trinajstić information content (AvgIpc) is 3.29. The number of benzene rings is 1. The van der Waals surface area contributed by atoms with Crippen LogP contribution < -0.4 is 10.9 Å². The zero-order chi connectivity index (χ0) is 19.1. The number of aromatic amines is 1. The first-order valence-corrected chi connectivity index (χ1v) is 10.4. The van der Waals surface area contributed by atoms with Crippen LogP contribution in [0.25, 0.3) is 21.3 Å². The molecule has 0 saturated carbocycles. The van der Waals surface area contributed by atoms with Gasteiger partial charge < -0.3 is 10.3 Å². The van der Waals surface area contributed by atoms with Crippen molar-refractivity contribution in [2.24, 2.45) is 0 Å². The number of hydrogen-bond donors (Lipinski definition) is 2. The van der Waals surface area contributed by atoms with Crippen LogP contribution in [-0.2, 0) is 25.9 Å². The lowest BCUT2D eigenvalue weighted by molar-refractivity contribution is 0.698. The predicted octanol–water partition coefficient (Wildman–Crippen LogP) is 4.01. The first kappa shape index (κ1) is 17.2. The fourth-order valence-corrected chi connectivity index (χ4v) is 5.18. The molecule has 0 fully saturated rings. The lowest BCUT2D eigenvalue weighted by Crippen LogP contribution is -2.25. The van der Waals surface area contributed by atoms with Gasteiger partial charge in [0, 0.05) is 11.4 Å². The summed E-state index contributed by atoms with van der Waals surface area (Å²) in [4.78, 5) is 28.1. The second kappa shape index (κ2) is 6.91. The number of thiophene rings is 1. The summed E-state index contributed by atoms with van der Waals surface area (Å²) in [6.07, 6.45) is 6.11. The Bertz CT molecular complexity index is 1220. The second-order valence-corrected chi connectivity index (χ2v) is 8.17. The fourth-order valence-electron chi connectivity index (χ4n) is 3.92. The van der Waals surface area contributed by atoms with E-state index in [1.807, 2.05) is 24.3 Å². The Morgan fingerprint density at radius 3 is 2.96 bits per heavy atom. The van der Waals surface area contributed by atoms with Gasteiger partial charge in [0.25, 0.3) is 5.56 Å². The van der Waals surface area contributed by atoms with Gasteiger partial charge in [0.2, 0.25) is 5.95 Å². The minimum Gasteiger partial charge on any atom is -0.348 e. The summed E-state index contributed by atoms with van der Waals surface area (Å²) >= 11 is 1.67. The van der Waals surface area contributed by atoms with Gasteiger partial charge in [0.15, 0.2) is 0 Å². The number of fused-ring (bicyclic) bond motifs is 4. The molecule has 6 nitrogen and oxygen atoms in total. The number of nitrogens with zero attached hydrogens (tertiary/aromatic N) is 3. The molecule has 5 rings (SSSR count). The Balaban J connectivity index is 1.54. The zero-order valence-electron chi connectivity index (χ0n) is 15.5. The van der Waals surface area contributed by atoms with Gasteiger partial charge in [-0.3, -0.25) is 9.36 Å². The number of hydrogen-bond acceptors (Lipinski definition) is 5. The van der Waals surface area contributed by atoms with Crippen molar-refractivity contribution >= 4 is 38.5 Å². The van der Waals surface area contributed by atoms with Gasteiger partial charge in [0.05, 0.1) is 23.0 Å². The highest BCUT2D eigenvalue weighted by Crippen LogP contribution is 2.34. The van der Waals surface area contributed by atoms with Crippen LogP contribution in [0.4, 0.5) is 5.95 Å². The Morgan fingerprint density at radius 1 is 1.25 bits per heavy atom. The van der Waals surface area contributed by atoms with E-state index in [1.165, 1.54) is 16.9 Å². The van der Waals surface area contributed by atoms with Crippen LogP contribution in [0.3, 0.4) is 0 Å². The van der Waals surface area contributed by atoms with Crippen molar-refractivity contribution in [2.45, 2.75) is 38.8 Å². The number of rotatable bonds is 5. The van der Waals surface area contributed by atoms with Crippen molar-refractivity contribution in [1.82, 2.24) is 19.5 Å². The minimum absolute atomic E-state index is 0.0245. The highest BCUT2D eigenvalue weighted by molar-refractivity contribution is 7.18. The van der Waals surface area contributed by atoms with E-state index in [0.717, 1.165) is 46.3 Å². The summed E-state index contributed by atoms with van der Waals surface area (Å²) in [6, 6.07) is 7.92. The molecule has 1 aliphatic rings. The maximum absolute atomic E-state index is 13.2. The predicted molar refractivity (Wildman–Crippen MR) is 114 cm³/mol. The van der Waals surface area contributed by atoms with Gasteiger partial charge in [-0.05, 0) is 43.4 Å². The van der Waals surface area contributed by atoms with E-state index in [-0.39, 0.29) is 5.56 Å². The Kier molecular flexibility index (Phi) is 4.24. The number of H-pyrrole nitrogens is 1. The van der Waals surface area contributed by atoms with Crippen molar-refractivity contribution in [1.29, 1.82) is 0 Å². The molecule has 0 radical (unpaired) electrons. The van der Waals surface area contributed by atoms with Crippen LogP contribution in [0.2, 0.25) is 0 Å². The molecule has 3 heterocycles. The molecule has 0 unspecified atom stereocenters. The monoisotopic (exact) mass is 391 g/mol. The number of imidazole rings is 1. The Hall–Kier alpha value is -2.93. The summed E-state index contributed by atoms with van der Waals surface area (Å²) in [5.41, 5.74) is 3.16. The maximum Gasteiger partial charge on any atom is 0.264 e. The van der Waals surface area contributed by atoms with Crippen LogP contribution in [0.1, 0.15) is 29.1 Å². The molecule has 0 saturated heterocycles. The van der Waals surface area contributed by atoms with E-state index in [4.69, 9.17) is 4.98 Å². The number of anilines is 1. The molecule has 0 aliphatic heterocycles. The van der Waals surface area contributed by atoms with Gasteiger partial charge in [-0.15, -0.1) is 17.9 Å². The lowest BCUT2D eigenvalue weighted by atomic mass is 9.97. The molecular weight excluding hydrogens is 370 g/mol. The molecule has 7 heteroatoms. The van der Waals surface area contributed by atoms with Crippen molar-refractivity contribution in [3.8, 4) is 0 Å². The third-order valence-corrected chi connectivity index (χ3v) is 6.42. The molecule has 28 heavy (non-hydrogen) atoms. The van der Waals surface area contributed by atoms with E-state index in [1.54, 1.807) is 22.0 Å². The molecule has 0 amide bonds. The molecule has 1 aromatic carbocycles. The second-order valence-electron chi connectivity index (χ2n) is 7.09. The zero-order valence-corrected chi connectivity index (χ0v) is 16.3. The van der Waals surface area contributed by atoms with E-state index >= 15 is 0 Å². The third-order valence-electron chi connectivity index (χ3n) is 5.24. The van der Waals surface area contributed by atoms with Crippen LogP contribution in [0.5, 0.6) is 0 Å². The molecular formula is C21H21N5OS. The SMILES string of the molecule is C=CCn1c(NCc2nc3ccccc3[nH]2)nc2sc3c(c2c1=O)CCCC3. The summed E-state index contributed by atoms with van der Waals surface area (Å²) in [5.74, 6) is 1.38. The molecule has 0 atom stereocenters. The molecule has 0 spiro atoms. The largest absolute Gasteiger partial charge is 0.348 e. The van der Waals surface area contributed by atoms with E-state index in [2.05, 4.69) is 21.9 Å². The van der Waals surface area contributed by atoms with Gasteiger partial charge in [0.1, 0.15) is 10.7 Å². The summed E-state index contributed by atoms with van der Waals surface area (Å²) in [7, 11) is 0. The van der Waals surface area contributed by atoms with Crippen molar-refractivity contribution in [3.05, 3.63) is 63.5 Å². The standard InChI is InChI=1S/C21H21N5OS/c1-2-11-26-20(27)18-13-7-3-6-10-16(13)28-19(18)25-21(26)22-12-17-23-14-8-4-5-9-15(14)24-17/h2,4-5,8-9H,1,3,6-7,10-12H2,(H,22,25)(H,23,24). The quantitative estimate of drug-likeness (QED) is 0.504.